The summed E-state index contributed by atoms with van der Waals surface area (Å²) in [5, 5.41) is 0. The van der Waals surface area contributed by atoms with E-state index in [-0.39, 0.29) is 11.5 Å². The number of rotatable bonds is 6. The van der Waals surface area contributed by atoms with Crippen molar-refractivity contribution in [2.24, 2.45) is 0 Å². The monoisotopic (exact) mass is 318 g/mol. The van der Waals surface area contributed by atoms with Crippen molar-refractivity contribution in [2.45, 2.75) is 37.4 Å². The van der Waals surface area contributed by atoms with E-state index in [2.05, 4.69) is 0 Å². The van der Waals surface area contributed by atoms with E-state index in [1.165, 1.54) is 0 Å². The Hall–Kier alpha value is -1.85. The Morgan fingerprint density at radius 2 is 1.82 bits per heavy atom. The van der Waals surface area contributed by atoms with Gasteiger partial charge in [0, 0.05) is 0 Å². The first-order valence-corrected chi connectivity index (χ1v) is 8.65. The molecule has 116 valence electrons. The molecule has 1 saturated carbocycles. The van der Waals surface area contributed by atoms with Crippen LogP contribution in [-0.4, -0.2) is 14.5 Å². The van der Waals surface area contributed by atoms with E-state index in [9.17, 15) is 8.42 Å². The van der Waals surface area contributed by atoms with E-state index in [1.807, 2.05) is 31.2 Å². The highest BCUT2D eigenvalue weighted by Gasteiger charge is 2.23. The second-order valence-electron chi connectivity index (χ2n) is 5.49. The zero-order valence-electron chi connectivity index (χ0n) is 12.4. The minimum Gasteiger partial charge on any atom is -0.490 e. The third-order valence-electron chi connectivity index (χ3n) is 3.42. The number of hydrogen-bond acceptors (Lipinski definition) is 4. The van der Waals surface area contributed by atoms with Crippen molar-refractivity contribution >= 4 is 10.1 Å². The normalized spacial score (nSPS) is 14.8. The van der Waals surface area contributed by atoms with Crippen molar-refractivity contribution in [3.63, 3.8) is 0 Å². The van der Waals surface area contributed by atoms with Crippen LogP contribution < -0.4 is 4.74 Å². The topological polar surface area (TPSA) is 52.6 Å². The first-order valence-electron chi connectivity index (χ1n) is 7.25. The van der Waals surface area contributed by atoms with E-state index in [1.54, 1.807) is 24.3 Å². The SMILES string of the molecule is Cc1ccc(S(=O)(=O)OCc2cccc(OC3CC3)c2)cc1. The molecule has 0 radical (unpaired) electrons. The summed E-state index contributed by atoms with van der Waals surface area (Å²) < 4.78 is 35.1. The van der Waals surface area contributed by atoms with E-state index >= 15 is 0 Å². The van der Waals surface area contributed by atoms with E-state index < -0.39 is 10.1 Å². The van der Waals surface area contributed by atoms with Crippen LogP contribution in [0.4, 0.5) is 0 Å². The molecule has 2 aromatic rings. The third kappa shape index (κ3) is 3.87. The molecule has 0 heterocycles. The Morgan fingerprint density at radius 3 is 2.50 bits per heavy atom. The molecule has 0 saturated heterocycles. The van der Waals surface area contributed by atoms with Crippen LogP contribution in [0.2, 0.25) is 0 Å². The highest BCUT2D eigenvalue weighted by molar-refractivity contribution is 7.86. The molecule has 0 N–H and O–H groups in total. The maximum atomic E-state index is 12.1. The van der Waals surface area contributed by atoms with Crippen LogP contribution in [0.3, 0.4) is 0 Å². The first kappa shape index (κ1) is 15.1. The lowest BCUT2D eigenvalue weighted by Crippen LogP contribution is -2.06. The molecule has 0 unspecified atom stereocenters. The molecular formula is C17H18O4S. The van der Waals surface area contributed by atoms with Gasteiger partial charge in [0.05, 0.1) is 17.6 Å². The molecular weight excluding hydrogens is 300 g/mol. The standard InChI is InChI=1S/C17H18O4S/c1-13-5-9-17(10-6-13)22(18,19)20-12-14-3-2-4-16(11-14)21-15-7-8-15/h2-6,9-11,15H,7-8,12H2,1H3. The third-order valence-corrected chi connectivity index (χ3v) is 4.69. The Labute approximate surface area is 130 Å². The van der Waals surface area contributed by atoms with Crippen molar-refractivity contribution in [1.82, 2.24) is 0 Å². The van der Waals surface area contributed by atoms with Crippen LogP contribution in [0, 0.1) is 6.92 Å². The van der Waals surface area contributed by atoms with Gasteiger partial charge in [-0.15, -0.1) is 0 Å². The predicted molar refractivity (Wildman–Crippen MR) is 83.2 cm³/mol. The van der Waals surface area contributed by atoms with Crippen LogP contribution in [-0.2, 0) is 20.9 Å². The summed E-state index contributed by atoms with van der Waals surface area (Å²) in [6.45, 7) is 1.90. The molecule has 1 aliphatic carbocycles. The van der Waals surface area contributed by atoms with Crippen molar-refractivity contribution in [1.29, 1.82) is 0 Å². The van der Waals surface area contributed by atoms with Crippen LogP contribution in [0.15, 0.2) is 53.4 Å². The zero-order chi connectivity index (χ0) is 15.6. The largest absolute Gasteiger partial charge is 0.490 e. The van der Waals surface area contributed by atoms with Crippen molar-refractivity contribution in [2.75, 3.05) is 0 Å². The fraction of sp³-hybridized carbons (Fsp3) is 0.294. The Kier molecular flexibility index (Phi) is 4.18. The van der Waals surface area contributed by atoms with Crippen LogP contribution in [0.5, 0.6) is 5.75 Å². The molecule has 1 aliphatic rings. The molecule has 0 amide bonds. The quantitative estimate of drug-likeness (QED) is 0.766. The molecule has 22 heavy (non-hydrogen) atoms. The van der Waals surface area contributed by atoms with Crippen molar-refractivity contribution in [3.05, 3.63) is 59.7 Å². The van der Waals surface area contributed by atoms with Gasteiger partial charge in [-0.25, -0.2) is 0 Å². The highest BCUT2D eigenvalue weighted by atomic mass is 32.2. The average molecular weight is 318 g/mol. The molecule has 2 aromatic carbocycles. The number of ether oxygens (including phenoxy) is 1. The minimum absolute atomic E-state index is 0.00191. The van der Waals surface area contributed by atoms with Gasteiger partial charge in [-0.2, -0.15) is 8.42 Å². The van der Waals surface area contributed by atoms with Crippen LogP contribution in [0.25, 0.3) is 0 Å². The minimum atomic E-state index is -3.74. The maximum absolute atomic E-state index is 12.1. The summed E-state index contributed by atoms with van der Waals surface area (Å²) in [7, 11) is -3.74. The fourth-order valence-corrected chi connectivity index (χ4v) is 2.90. The summed E-state index contributed by atoms with van der Waals surface area (Å²) in [6.07, 6.45) is 2.48. The van der Waals surface area contributed by atoms with Crippen LogP contribution in [0.1, 0.15) is 24.0 Å². The Morgan fingerprint density at radius 1 is 1.09 bits per heavy atom. The summed E-state index contributed by atoms with van der Waals surface area (Å²) in [5.74, 6) is 0.760. The van der Waals surface area contributed by atoms with Gasteiger partial charge in [0.2, 0.25) is 0 Å². The average Bonchev–Trinajstić information content (AvgIpc) is 3.30. The van der Waals surface area contributed by atoms with E-state index in [4.69, 9.17) is 8.92 Å². The molecule has 3 rings (SSSR count). The predicted octanol–water partition coefficient (Wildman–Crippen LogP) is 3.44. The first-order chi connectivity index (χ1) is 10.5. The Balaban J connectivity index is 1.67. The smallest absolute Gasteiger partial charge is 0.297 e. The summed E-state index contributed by atoms with van der Waals surface area (Å²) in [5.41, 5.74) is 1.78. The molecule has 0 atom stereocenters. The molecule has 5 heteroatoms. The second kappa shape index (κ2) is 6.10. The summed E-state index contributed by atoms with van der Waals surface area (Å²) in [4.78, 5) is 0.170. The van der Waals surface area contributed by atoms with E-state index in [0.717, 1.165) is 29.7 Å². The molecule has 0 aromatic heterocycles. The number of benzene rings is 2. The van der Waals surface area contributed by atoms with Gasteiger partial charge in [0.1, 0.15) is 5.75 Å². The molecule has 1 fully saturated rings. The second-order valence-corrected chi connectivity index (χ2v) is 7.11. The highest BCUT2D eigenvalue weighted by Crippen LogP contribution is 2.27. The molecule has 0 spiro atoms. The maximum Gasteiger partial charge on any atom is 0.297 e. The zero-order valence-corrected chi connectivity index (χ0v) is 13.2. The number of hydrogen-bond donors (Lipinski definition) is 0. The lowest BCUT2D eigenvalue weighted by molar-refractivity contribution is 0.295. The van der Waals surface area contributed by atoms with Crippen molar-refractivity contribution < 1.29 is 17.3 Å². The van der Waals surface area contributed by atoms with E-state index in [0.29, 0.717) is 6.10 Å². The van der Waals surface area contributed by atoms with Crippen molar-refractivity contribution in [3.8, 4) is 5.75 Å². The molecule has 0 aliphatic heterocycles. The Bertz CT molecular complexity index is 746. The van der Waals surface area contributed by atoms with Gasteiger partial charge in [-0.3, -0.25) is 4.18 Å². The van der Waals surface area contributed by atoms with Gasteiger partial charge in [0.25, 0.3) is 10.1 Å². The van der Waals surface area contributed by atoms with Gasteiger partial charge in [-0.1, -0.05) is 29.8 Å². The lowest BCUT2D eigenvalue weighted by Gasteiger charge is -2.08. The van der Waals surface area contributed by atoms with Crippen LogP contribution >= 0.6 is 0 Å². The van der Waals surface area contributed by atoms with Gasteiger partial charge >= 0.3 is 0 Å². The summed E-state index contributed by atoms with van der Waals surface area (Å²) >= 11 is 0. The van der Waals surface area contributed by atoms with Gasteiger partial charge in [0.15, 0.2) is 0 Å². The number of aryl methyl sites for hydroxylation is 1. The summed E-state index contributed by atoms with van der Waals surface area (Å²) in [6, 6.07) is 14.0. The molecule has 0 bridgehead atoms. The van der Waals surface area contributed by atoms with Gasteiger partial charge in [-0.05, 0) is 49.6 Å². The molecule has 4 nitrogen and oxygen atoms in total. The van der Waals surface area contributed by atoms with Gasteiger partial charge < -0.3 is 4.74 Å². The lowest BCUT2D eigenvalue weighted by atomic mass is 10.2. The fourth-order valence-electron chi connectivity index (χ4n) is 2.01.